The maximum Gasteiger partial charge on any atom is 0.189 e. The van der Waals surface area contributed by atoms with Gasteiger partial charge in [0.25, 0.3) is 0 Å². The van der Waals surface area contributed by atoms with Crippen molar-refractivity contribution in [2.75, 3.05) is 18.5 Å². The van der Waals surface area contributed by atoms with Gasteiger partial charge in [0.05, 0.1) is 5.69 Å². The summed E-state index contributed by atoms with van der Waals surface area (Å²) in [6.45, 7) is 3.78. The fourth-order valence-corrected chi connectivity index (χ4v) is 2.37. The molecule has 96 valence electrons. The van der Waals surface area contributed by atoms with Crippen LogP contribution in [0.3, 0.4) is 0 Å². The highest BCUT2D eigenvalue weighted by atomic mass is 32.1. The molecule has 2 rings (SSSR count). The molecule has 5 heteroatoms. The van der Waals surface area contributed by atoms with Crippen molar-refractivity contribution in [2.24, 2.45) is 0 Å². The number of thiazole rings is 1. The number of hydrogen-bond acceptors (Lipinski definition) is 4. The maximum absolute atomic E-state index is 12.9. The van der Waals surface area contributed by atoms with Crippen LogP contribution in [0.4, 0.5) is 15.2 Å². The zero-order valence-corrected chi connectivity index (χ0v) is 11.3. The lowest BCUT2D eigenvalue weighted by Crippen LogP contribution is -2.13. The smallest absolute Gasteiger partial charge is 0.189 e. The largest absolute Gasteiger partial charge is 0.321 e. The number of aromatic nitrogens is 1. The molecule has 0 atom stereocenters. The van der Waals surface area contributed by atoms with Crippen LogP contribution in [0, 0.1) is 5.82 Å². The Hall–Kier alpha value is -1.46. The minimum absolute atomic E-state index is 0.223. The average molecular weight is 265 g/mol. The number of rotatable bonds is 5. The second kappa shape index (κ2) is 5.93. The van der Waals surface area contributed by atoms with Crippen LogP contribution in [0.15, 0.2) is 29.6 Å². The molecule has 18 heavy (non-hydrogen) atoms. The van der Waals surface area contributed by atoms with Crippen molar-refractivity contribution < 1.29 is 4.39 Å². The molecule has 2 aromatic rings. The molecule has 0 amide bonds. The summed E-state index contributed by atoms with van der Waals surface area (Å²) in [4.78, 5) is 6.49. The molecule has 0 aliphatic carbocycles. The molecule has 0 fully saturated rings. The van der Waals surface area contributed by atoms with Crippen molar-refractivity contribution in [3.63, 3.8) is 0 Å². The molecule has 0 aliphatic heterocycles. The molecular formula is C13H16FN3S. The van der Waals surface area contributed by atoms with Gasteiger partial charge in [0, 0.05) is 24.7 Å². The molecule has 0 saturated carbocycles. The van der Waals surface area contributed by atoms with E-state index in [4.69, 9.17) is 0 Å². The van der Waals surface area contributed by atoms with E-state index in [9.17, 15) is 4.39 Å². The maximum atomic E-state index is 12.9. The second-order valence-corrected chi connectivity index (χ2v) is 4.77. The molecule has 0 radical (unpaired) electrons. The van der Waals surface area contributed by atoms with Crippen LogP contribution in [0.1, 0.15) is 12.6 Å². The van der Waals surface area contributed by atoms with Gasteiger partial charge in [0.2, 0.25) is 0 Å². The fraction of sp³-hybridized carbons (Fsp3) is 0.308. The van der Waals surface area contributed by atoms with Crippen LogP contribution in [0.5, 0.6) is 0 Å². The Kier molecular flexibility index (Phi) is 4.28. The standard InChI is InChI=1S/C13H16FN3S/c1-3-15-8-11-9-18-13(16-11)17(2)12-6-4-10(14)5-7-12/h4-7,9,15H,3,8H2,1-2H3. The van der Waals surface area contributed by atoms with E-state index in [-0.39, 0.29) is 5.82 Å². The number of halogens is 1. The number of nitrogens with zero attached hydrogens (tertiary/aromatic N) is 2. The van der Waals surface area contributed by atoms with Gasteiger partial charge in [0.1, 0.15) is 5.82 Å². The number of benzene rings is 1. The van der Waals surface area contributed by atoms with Crippen molar-refractivity contribution >= 4 is 22.2 Å². The highest BCUT2D eigenvalue weighted by Gasteiger charge is 2.08. The normalized spacial score (nSPS) is 10.6. The average Bonchev–Trinajstić information content (AvgIpc) is 2.85. The van der Waals surface area contributed by atoms with Crippen molar-refractivity contribution in [2.45, 2.75) is 13.5 Å². The van der Waals surface area contributed by atoms with Gasteiger partial charge < -0.3 is 10.2 Å². The Bertz CT molecular complexity index is 495. The number of anilines is 2. The van der Waals surface area contributed by atoms with Crippen LogP contribution in [0.2, 0.25) is 0 Å². The molecule has 0 saturated heterocycles. The van der Waals surface area contributed by atoms with Crippen molar-refractivity contribution in [1.29, 1.82) is 0 Å². The molecule has 0 unspecified atom stereocenters. The van der Waals surface area contributed by atoms with Gasteiger partial charge in [-0.05, 0) is 30.8 Å². The third-order valence-electron chi connectivity index (χ3n) is 2.60. The first kappa shape index (κ1) is 13.0. The van der Waals surface area contributed by atoms with Crippen LogP contribution < -0.4 is 10.2 Å². The molecule has 1 aromatic carbocycles. The summed E-state index contributed by atoms with van der Waals surface area (Å²) in [5, 5.41) is 6.19. The first-order chi connectivity index (χ1) is 8.70. The van der Waals surface area contributed by atoms with Gasteiger partial charge in [-0.3, -0.25) is 0 Å². The molecular weight excluding hydrogens is 249 g/mol. The van der Waals surface area contributed by atoms with E-state index >= 15 is 0 Å². The van der Waals surface area contributed by atoms with Crippen LogP contribution in [0.25, 0.3) is 0 Å². The zero-order chi connectivity index (χ0) is 13.0. The summed E-state index contributed by atoms with van der Waals surface area (Å²) in [5.74, 6) is -0.223. The molecule has 0 aliphatic rings. The summed E-state index contributed by atoms with van der Waals surface area (Å²) in [5.41, 5.74) is 1.96. The first-order valence-electron chi connectivity index (χ1n) is 5.85. The predicted molar refractivity (Wildman–Crippen MR) is 74.0 cm³/mol. The monoisotopic (exact) mass is 265 g/mol. The number of hydrogen-bond donors (Lipinski definition) is 1. The van der Waals surface area contributed by atoms with Crippen LogP contribution >= 0.6 is 11.3 Å². The van der Waals surface area contributed by atoms with Crippen molar-refractivity contribution in [3.8, 4) is 0 Å². The topological polar surface area (TPSA) is 28.2 Å². The number of nitrogens with one attached hydrogen (secondary N) is 1. The minimum Gasteiger partial charge on any atom is -0.321 e. The lowest BCUT2D eigenvalue weighted by molar-refractivity contribution is 0.628. The van der Waals surface area contributed by atoms with E-state index in [2.05, 4.69) is 17.2 Å². The van der Waals surface area contributed by atoms with Crippen molar-refractivity contribution in [3.05, 3.63) is 41.2 Å². The lowest BCUT2D eigenvalue weighted by atomic mass is 10.3. The van der Waals surface area contributed by atoms with Gasteiger partial charge in [-0.15, -0.1) is 11.3 Å². The van der Waals surface area contributed by atoms with Gasteiger partial charge in [-0.1, -0.05) is 6.92 Å². The SMILES string of the molecule is CCNCc1csc(N(C)c2ccc(F)cc2)n1. The Morgan fingerprint density at radius 2 is 2.06 bits per heavy atom. The summed E-state index contributed by atoms with van der Waals surface area (Å²) >= 11 is 1.59. The van der Waals surface area contributed by atoms with Crippen LogP contribution in [-0.2, 0) is 6.54 Å². The predicted octanol–water partition coefficient (Wildman–Crippen LogP) is 3.16. The van der Waals surface area contributed by atoms with Gasteiger partial charge in [-0.25, -0.2) is 9.37 Å². The highest BCUT2D eigenvalue weighted by molar-refractivity contribution is 7.13. The Morgan fingerprint density at radius 1 is 1.33 bits per heavy atom. The summed E-state index contributed by atoms with van der Waals surface area (Å²) in [6.07, 6.45) is 0. The minimum atomic E-state index is -0.223. The summed E-state index contributed by atoms with van der Waals surface area (Å²) in [7, 11) is 1.93. The van der Waals surface area contributed by atoms with E-state index in [0.29, 0.717) is 0 Å². The van der Waals surface area contributed by atoms with Gasteiger partial charge in [-0.2, -0.15) is 0 Å². The molecule has 0 bridgehead atoms. The molecule has 0 spiro atoms. The molecule has 1 heterocycles. The Labute approximate surface area is 110 Å². The summed E-state index contributed by atoms with van der Waals surface area (Å²) in [6, 6.07) is 6.42. The van der Waals surface area contributed by atoms with Crippen molar-refractivity contribution in [1.82, 2.24) is 10.3 Å². The fourth-order valence-electron chi connectivity index (χ4n) is 1.56. The van der Waals surface area contributed by atoms with E-state index < -0.39 is 0 Å². The third kappa shape index (κ3) is 3.05. The first-order valence-corrected chi connectivity index (χ1v) is 6.73. The van der Waals surface area contributed by atoms with E-state index in [1.54, 1.807) is 23.5 Å². The molecule has 3 nitrogen and oxygen atoms in total. The summed E-state index contributed by atoms with van der Waals surface area (Å²) < 4.78 is 12.9. The lowest BCUT2D eigenvalue weighted by Gasteiger charge is -2.15. The zero-order valence-electron chi connectivity index (χ0n) is 10.5. The van der Waals surface area contributed by atoms with E-state index in [1.807, 2.05) is 17.3 Å². The van der Waals surface area contributed by atoms with Gasteiger partial charge in [0.15, 0.2) is 5.13 Å². The third-order valence-corrected chi connectivity index (χ3v) is 3.56. The Morgan fingerprint density at radius 3 is 2.72 bits per heavy atom. The molecule has 1 aromatic heterocycles. The van der Waals surface area contributed by atoms with Crippen LogP contribution in [-0.4, -0.2) is 18.6 Å². The van der Waals surface area contributed by atoms with Gasteiger partial charge >= 0.3 is 0 Å². The highest BCUT2D eigenvalue weighted by Crippen LogP contribution is 2.26. The van der Waals surface area contributed by atoms with E-state index in [1.165, 1.54) is 12.1 Å². The molecule has 1 N–H and O–H groups in total. The van der Waals surface area contributed by atoms with E-state index in [0.717, 1.165) is 29.6 Å². The Balaban J connectivity index is 2.10. The quantitative estimate of drug-likeness (QED) is 0.900. The second-order valence-electron chi connectivity index (χ2n) is 3.94.